The molecule has 3 unspecified atom stereocenters. The first-order valence-electron chi connectivity index (χ1n) is 21.0. The van der Waals surface area contributed by atoms with Gasteiger partial charge in [-0.15, -0.1) is 5.06 Å². The van der Waals surface area contributed by atoms with E-state index in [9.17, 15) is 66.3 Å². The third kappa shape index (κ3) is 12.4. The number of benzene rings is 2. The van der Waals surface area contributed by atoms with Gasteiger partial charge in [0, 0.05) is 60.9 Å². The Balaban J connectivity index is 1.52. The lowest BCUT2D eigenvalue weighted by Gasteiger charge is -2.45. The van der Waals surface area contributed by atoms with E-state index in [2.05, 4.69) is 0 Å². The number of rotatable bonds is 23. The summed E-state index contributed by atoms with van der Waals surface area (Å²) in [6, 6.07) is 8.08. The third-order valence-corrected chi connectivity index (χ3v) is 15.8. The van der Waals surface area contributed by atoms with E-state index in [1.165, 1.54) is 37.4 Å². The van der Waals surface area contributed by atoms with Gasteiger partial charge in [0.2, 0.25) is 0 Å². The summed E-state index contributed by atoms with van der Waals surface area (Å²) < 4.78 is 147. The second-order valence-electron chi connectivity index (χ2n) is 16.9. The fourth-order valence-corrected chi connectivity index (χ4v) is 11.0. The number of hydroxylamine groups is 2. The standard InChI is InChI=1S/C42H55N3O18S4/c1-40(18-8-26-64(49,50)51)32-28-30(66(55,56)57)11-13-34(32)43(21-25-62-23-17-39(48)63-45-37(46)15-16-38(45)47)36(40)10-6-5-7-20-42(3)41(2,19-9-27-65(52,53)54)33-29-31(67(58,59)60)12-14-35(33)44(42)22-24-61-4/h5-7,10-14,20,28-29H,8-9,15-19,21-27H2,1-4H3,(H,49,50,51)(H,52,53,54)(H,55,56,57)(H,58,59,60)/b6-5+,20-7+,36-10+. The van der Waals surface area contributed by atoms with Gasteiger partial charge in [-0.1, -0.05) is 31.2 Å². The lowest BCUT2D eigenvalue weighted by atomic mass is 9.67. The van der Waals surface area contributed by atoms with Gasteiger partial charge in [0.1, 0.15) is 0 Å². The van der Waals surface area contributed by atoms with Gasteiger partial charge in [-0.3, -0.25) is 27.8 Å². The van der Waals surface area contributed by atoms with Crippen molar-refractivity contribution in [2.24, 2.45) is 0 Å². The summed E-state index contributed by atoms with van der Waals surface area (Å²) in [4.78, 5) is 43.9. The molecular formula is C42H55N3O18S4. The molecular weight excluding hydrogens is 963 g/mol. The first-order chi connectivity index (χ1) is 31.1. The molecule has 2 aromatic rings. The number of nitrogens with zero attached hydrogens (tertiary/aromatic N) is 3. The van der Waals surface area contributed by atoms with Gasteiger partial charge in [0.05, 0.1) is 53.1 Å². The van der Waals surface area contributed by atoms with E-state index in [1.54, 1.807) is 42.2 Å². The van der Waals surface area contributed by atoms with Crippen LogP contribution in [0.4, 0.5) is 11.4 Å². The van der Waals surface area contributed by atoms with E-state index in [1.807, 2.05) is 24.8 Å². The number of imide groups is 1. The van der Waals surface area contributed by atoms with Crippen molar-refractivity contribution >= 4 is 69.6 Å². The normalized spacial score (nSPS) is 23.0. The van der Waals surface area contributed by atoms with Crippen LogP contribution in [-0.2, 0) is 80.0 Å². The molecule has 67 heavy (non-hydrogen) atoms. The average molecular weight is 1020 g/mol. The highest BCUT2D eigenvalue weighted by Gasteiger charge is 2.55. The van der Waals surface area contributed by atoms with Gasteiger partial charge >= 0.3 is 5.97 Å². The molecule has 3 aliphatic heterocycles. The predicted molar refractivity (Wildman–Crippen MR) is 242 cm³/mol. The number of ether oxygens (including phenoxy) is 2. The Kier molecular flexibility index (Phi) is 16.4. The van der Waals surface area contributed by atoms with Crippen molar-refractivity contribution in [2.45, 2.75) is 91.9 Å². The second-order valence-corrected chi connectivity index (χ2v) is 22.9. The van der Waals surface area contributed by atoms with E-state index in [0.29, 0.717) is 39.8 Å². The third-order valence-electron chi connectivity index (χ3n) is 12.5. The molecule has 1 fully saturated rings. The summed E-state index contributed by atoms with van der Waals surface area (Å²) in [5.41, 5.74) is -0.752. The Morgan fingerprint density at radius 2 is 1.28 bits per heavy atom. The Morgan fingerprint density at radius 1 is 0.716 bits per heavy atom. The molecule has 3 atom stereocenters. The van der Waals surface area contributed by atoms with Crippen molar-refractivity contribution in [3.8, 4) is 0 Å². The summed E-state index contributed by atoms with van der Waals surface area (Å²) in [6.45, 7) is 5.80. The van der Waals surface area contributed by atoms with Crippen LogP contribution in [0.25, 0.3) is 0 Å². The fraction of sp³-hybridized carbons (Fsp3) is 0.500. The lowest BCUT2D eigenvalue weighted by Crippen LogP contribution is -2.54. The zero-order chi connectivity index (χ0) is 49.8. The van der Waals surface area contributed by atoms with Crippen molar-refractivity contribution in [2.75, 3.05) is 61.3 Å². The number of hydrogen-bond acceptors (Lipinski definition) is 16. The molecule has 0 saturated carbocycles. The van der Waals surface area contributed by atoms with Gasteiger partial charge in [-0.05, 0) is 93.1 Å². The summed E-state index contributed by atoms with van der Waals surface area (Å²) in [5, 5.41) is 0.423. The van der Waals surface area contributed by atoms with Crippen LogP contribution in [0.2, 0.25) is 0 Å². The molecule has 0 spiro atoms. The number of allylic oxidation sites excluding steroid dienone is 5. The van der Waals surface area contributed by atoms with Gasteiger partial charge in [0.25, 0.3) is 52.3 Å². The SMILES string of the molecule is COCCN1c2ccc(S(=O)(=O)O)cc2C(C)(CCCS(=O)(=O)O)C1(C)/C=C/C=C/C=C1/N(CCOCCC(=O)ON2C(=O)CCC2=O)c2ccc(S(=O)(=O)O)cc2C1(C)CCCS(=O)(=O)O. The van der Waals surface area contributed by atoms with Crippen molar-refractivity contribution in [1.29, 1.82) is 0 Å². The maximum atomic E-state index is 12.4. The van der Waals surface area contributed by atoms with Gasteiger partial charge < -0.3 is 24.1 Å². The van der Waals surface area contributed by atoms with E-state index < -0.39 is 91.0 Å². The zero-order valence-corrected chi connectivity index (χ0v) is 40.5. The van der Waals surface area contributed by atoms with Gasteiger partial charge in [0.15, 0.2) is 0 Å². The number of carbonyl (C=O) groups is 3. The number of hydrogen-bond donors (Lipinski definition) is 4. The smallest absolute Gasteiger partial charge is 0.335 e. The summed E-state index contributed by atoms with van der Waals surface area (Å²) >= 11 is 0. The van der Waals surface area contributed by atoms with Crippen molar-refractivity contribution < 1.29 is 80.6 Å². The number of amides is 2. The lowest BCUT2D eigenvalue weighted by molar-refractivity contribution is -0.198. The van der Waals surface area contributed by atoms with Gasteiger partial charge in [-0.2, -0.15) is 33.7 Å². The molecule has 0 aromatic heterocycles. The maximum Gasteiger partial charge on any atom is 0.335 e. The number of carbonyl (C=O) groups excluding carboxylic acids is 3. The molecule has 0 radical (unpaired) electrons. The Hall–Kier alpha value is -4.57. The molecule has 2 amide bonds. The van der Waals surface area contributed by atoms with E-state index >= 15 is 0 Å². The van der Waals surface area contributed by atoms with Crippen LogP contribution in [-0.4, -0.2) is 132 Å². The minimum absolute atomic E-state index is 0.0192. The van der Waals surface area contributed by atoms with Crippen LogP contribution in [0.15, 0.2) is 82.3 Å². The van der Waals surface area contributed by atoms with Crippen LogP contribution in [0.3, 0.4) is 0 Å². The topological polar surface area (TPSA) is 306 Å². The van der Waals surface area contributed by atoms with E-state index in [4.69, 9.17) is 14.3 Å². The monoisotopic (exact) mass is 1020 g/mol. The van der Waals surface area contributed by atoms with Crippen LogP contribution in [0.1, 0.15) is 76.8 Å². The van der Waals surface area contributed by atoms with Gasteiger partial charge in [-0.25, -0.2) is 4.79 Å². The zero-order valence-electron chi connectivity index (χ0n) is 37.2. The molecule has 370 valence electrons. The summed E-state index contributed by atoms with van der Waals surface area (Å²) in [5.74, 6) is -3.35. The minimum atomic E-state index is -4.71. The fourth-order valence-electron chi connectivity index (χ4n) is 8.96. The molecule has 5 rings (SSSR count). The molecule has 0 bridgehead atoms. The van der Waals surface area contributed by atoms with Crippen LogP contribution in [0.5, 0.6) is 0 Å². The average Bonchev–Trinajstić information content (AvgIpc) is 3.72. The van der Waals surface area contributed by atoms with Crippen LogP contribution < -0.4 is 9.80 Å². The highest BCUT2D eigenvalue weighted by Crippen LogP contribution is 2.55. The Bertz CT molecular complexity index is 2780. The number of methoxy groups -OCH3 is 1. The highest BCUT2D eigenvalue weighted by molar-refractivity contribution is 7.86. The van der Waals surface area contributed by atoms with Crippen molar-refractivity contribution in [3.63, 3.8) is 0 Å². The van der Waals surface area contributed by atoms with E-state index in [0.717, 1.165) is 0 Å². The molecule has 3 heterocycles. The number of fused-ring (bicyclic) bond motifs is 2. The molecule has 2 aromatic carbocycles. The summed E-state index contributed by atoms with van der Waals surface area (Å²) in [7, 11) is -16.6. The highest BCUT2D eigenvalue weighted by atomic mass is 32.2. The molecule has 3 aliphatic rings. The molecule has 25 heteroatoms. The Labute approximate surface area is 390 Å². The van der Waals surface area contributed by atoms with Crippen molar-refractivity contribution in [3.05, 3.63) is 83.6 Å². The molecule has 4 N–H and O–H groups in total. The second kappa shape index (κ2) is 20.6. The minimum Gasteiger partial charge on any atom is -0.383 e. The first kappa shape index (κ1) is 53.4. The summed E-state index contributed by atoms with van der Waals surface area (Å²) in [6.07, 6.45) is 8.18. The largest absolute Gasteiger partial charge is 0.383 e. The van der Waals surface area contributed by atoms with Crippen LogP contribution in [0, 0.1) is 0 Å². The molecule has 21 nitrogen and oxygen atoms in total. The Morgan fingerprint density at radius 3 is 1.85 bits per heavy atom. The van der Waals surface area contributed by atoms with E-state index in [-0.39, 0.29) is 76.2 Å². The first-order valence-corrected chi connectivity index (χ1v) is 27.0. The molecule has 1 saturated heterocycles. The van der Waals surface area contributed by atoms with Crippen LogP contribution >= 0.6 is 0 Å². The van der Waals surface area contributed by atoms with Crippen molar-refractivity contribution in [1.82, 2.24) is 5.06 Å². The predicted octanol–water partition coefficient (Wildman–Crippen LogP) is 3.79. The molecule has 0 aliphatic carbocycles. The maximum absolute atomic E-state index is 12.4. The number of anilines is 2. The quantitative estimate of drug-likeness (QED) is 0.0533.